The lowest BCUT2D eigenvalue weighted by molar-refractivity contribution is 0.0946. The molecule has 0 aliphatic carbocycles. The Morgan fingerprint density at radius 2 is 2.32 bits per heavy atom. The van der Waals surface area contributed by atoms with E-state index in [9.17, 15) is 9.18 Å². The fourth-order valence-corrected chi connectivity index (χ4v) is 3.01. The van der Waals surface area contributed by atoms with Crippen molar-refractivity contribution in [2.24, 2.45) is 5.92 Å². The van der Waals surface area contributed by atoms with E-state index >= 15 is 0 Å². The van der Waals surface area contributed by atoms with Crippen molar-refractivity contribution in [1.29, 1.82) is 0 Å². The van der Waals surface area contributed by atoms with E-state index in [0.29, 0.717) is 23.8 Å². The zero-order valence-corrected chi connectivity index (χ0v) is 15.3. The van der Waals surface area contributed by atoms with Crippen LogP contribution in [0.2, 0.25) is 5.02 Å². The van der Waals surface area contributed by atoms with Gasteiger partial charge in [0.15, 0.2) is 5.69 Å². The molecule has 136 valence electrons. The van der Waals surface area contributed by atoms with Gasteiger partial charge in [0, 0.05) is 6.54 Å². The lowest BCUT2D eigenvalue weighted by atomic mass is 10.1. The number of nitrogens with zero attached hydrogens (tertiary/aromatic N) is 3. The fourth-order valence-electron chi connectivity index (χ4n) is 2.84. The maximum atomic E-state index is 13.3. The normalized spacial score (nSPS) is 16.5. The van der Waals surface area contributed by atoms with Gasteiger partial charge in [0.1, 0.15) is 5.82 Å². The van der Waals surface area contributed by atoms with Crippen LogP contribution in [0.5, 0.6) is 0 Å². The van der Waals surface area contributed by atoms with Gasteiger partial charge >= 0.3 is 0 Å². The van der Waals surface area contributed by atoms with Crippen LogP contribution < -0.4 is 10.6 Å². The Morgan fingerprint density at radius 1 is 1.52 bits per heavy atom. The highest BCUT2D eigenvalue weighted by atomic mass is 35.5. The Labute approximate surface area is 156 Å². The van der Waals surface area contributed by atoms with E-state index in [1.165, 1.54) is 22.9 Å². The second-order valence-corrected chi connectivity index (χ2v) is 6.34. The van der Waals surface area contributed by atoms with E-state index < -0.39 is 5.82 Å². The molecule has 2 aromatic rings. The van der Waals surface area contributed by atoms with Crippen LogP contribution in [0.1, 0.15) is 29.0 Å². The van der Waals surface area contributed by atoms with E-state index in [1.54, 1.807) is 6.92 Å². The molecule has 2 N–H and O–H groups in total. The number of amides is 1. The molecule has 1 fully saturated rings. The van der Waals surface area contributed by atoms with Gasteiger partial charge in [-0.3, -0.25) is 4.79 Å². The first-order valence-corrected chi connectivity index (χ1v) is 8.30. The number of rotatable bonds is 5. The molecule has 3 rings (SSSR count). The summed E-state index contributed by atoms with van der Waals surface area (Å²) in [6.07, 6.45) is 2.09. The standard InChI is InChI=1S/C16H19ClFN5O.ClH/c1-10-15(16(24)20-7-5-11-4-6-19-9-11)21-22-23(10)12-2-3-14(18)13(17)8-12;/h2-3,8,11,19H,4-7,9H2,1H3,(H,20,24);1H. The molecule has 1 atom stereocenters. The molecule has 1 saturated heterocycles. The molecule has 0 bridgehead atoms. The summed E-state index contributed by atoms with van der Waals surface area (Å²) in [7, 11) is 0. The first kappa shape index (κ1) is 19.6. The summed E-state index contributed by atoms with van der Waals surface area (Å²) >= 11 is 5.80. The Kier molecular flexibility index (Phi) is 6.75. The van der Waals surface area contributed by atoms with Gasteiger partial charge in [-0.05, 0) is 57.0 Å². The van der Waals surface area contributed by atoms with Crippen LogP contribution in [-0.4, -0.2) is 40.5 Å². The number of hydrogen-bond acceptors (Lipinski definition) is 4. The van der Waals surface area contributed by atoms with Crippen molar-refractivity contribution in [2.75, 3.05) is 19.6 Å². The minimum absolute atomic E-state index is 0. The third-order valence-corrected chi connectivity index (χ3v) is 4.55. The molecule has 1 aliphatic heterocycles. The van der Waals surface area contributed by atoms with Gasteiger partial charge in [0.05, 0.1) is 16.4 Å². The molecule has 1 aromatic carbocycles. The molecule has 25 heavy (non-hydrogen) atoms. The SMILES string of the molecule is Cc1c(C(=O)NCCC2CCNC2)nnn1-c1ccc(F)c(Cl)c1.Cl. The number of aromatic nitrogens is 3. The third-order valence-electron chi connectivity index (χ3n) is 4.26. The van der Waals surface area contributed by atoms with Crippen LogP contribution in [0, 0.1) is 18.7 Å². The first-order valence-electron chi connectivity index (χ1n) is 7.93. The zero-order valence-electron chi connectivity index (χ0n) is 13.8. The molecule has 0 radical (unpaired) electrons. The molecule has 0 spiro atoms. The fraction of sp³-hybridized carbons (Fsp3) is 0.438. The quantitative estimate of drug-likeness (QED) is 0.826. The van der Waals surface area contributed by atoms with Gasteiger partial charge in [-0.15, -0.1) is 17.5 Å². The van der Waals surface area contributed by atoms with E-state index in [1.807, 2.05) is 0 Å². The molecule has 1 unspecified atom stereocenters. The number of carbonyl (C=O) groups excluding carboxylic acids is 1. The van der Waals surface area contributed by atoms with Crippen LogP contribution in [0.3, 0.4) is 0 Å². The summed E-state index contributed by atoms with van der Waals surface area (Å²) < 4.78 is 14.7. The molecular weight excluding hydrogens is 368 g/mol. The van der Waals surface area contributed by atoms with Crippen LogP contribution in [0.4, 0.5) is 4.39 Å². The van der Waals surface area contributed by atoms with Crippen molar-refractivity contribution >= 4 is 29.9 Å². The molecule has 1 amide bonds. The summed E-state index contributed by atoms with van der Waals surface area (Å²) in [6.45, 7) is 4.41. The van der Waals surface area contributed by atoms with Crippen molar-refractivity contribution in [1.82, 2.24) is 25.6 Å². The van der Waals surface area contributed by atoms with Gasteiger partial charge in [-0.25, -0.2) is 9.07 Å². The molecule has 6 nitrogen and oxygen atoms in total. The van der Waals surface area contributed by atoms with E-state index in [2.05, 4.69) is 20.9 Å². The number of benzene rings is 1. The topological polar surface area (TPSA) is 71.8 Å². The van der Waals surface area contributed by atoms with Gasteiger partial charge in [0.25, 0.3) is 5.91 Å². The van der Waals surface area contributed by atoms with Crippen LogP contribution in [-0.2, 0) is 0 Å². The minimum atomic E-state index is -0.502. The average molecular weight is 388 g/mol. The van der Waals surface area contributed by atoms with Gasteiger partial charge in [0.2, 0.25) is 0 Å². The Morgan fingerprint density at radius 3 is 3.00 bits per heavy atom. The monoisotopic (exact) mass is 387 g/mol. The number of carbonyl (C=O) groups is 1. The lowest BCUT2D eigenvalue weighted by Gasteiger charge is -2.09. The molecule has 1 aliphatic rings. The summed E-state index contributed by atoms with van der Waals surface area (Å²) in [4.78, 5) is 12.3. The molecule has 2 heterocycles. The van der Waals surface area contributed by atoms with Crippen molar-refractivity contribution in [3.63, 3.8) is 0 Å². The minimum Gasteiger partial charge on any atom is -0.351 e. The van der Waals surface area contributed by atoms with Crippen molar-refractivity contribution in [2.45, 2.75) is 19.8 Å². The van der Waals surface area contributed by atoms with Crippen molar-refractivity contribution < 1.29 is 9.18 Å². The van der Waals surface area contributed by atoms with Gasteiger partial charge in [-0.1, -0.05) is 16.8 Å². The second-order valence-electron chi connectivity index (χ2n) is 5.94. The summed E-state index contributed by atoms with van der Waals surface area (Å²) in [5, 5.41) is 14.1. The molecule has 0 saturated carbocycles. The highest BCUT2D eigenvalue weighted by molar-refractivity contribution is 6.30. The zero-order chi connectivity index (χ0) is 17.1. The first-order chi connectivity index (χ1) is 11.6. The average Bonchev–Trinajstić information content (AvgIpc) is 3.20. The summed E-state index contributed by atoms with van der Waals surface area (Å²) in [6, 6.07) is 4.25. The van der Waals surface area contributed by atoms with Gasteiger partial charge < -0.3 is 10.6 Å². The molecule has 9 heteroatoms. The van der Waals surface area contributed by atoms with Crippen LogP contribution >= 0.6 is 24.0 Å². The van der Waals surface area contributed by atoms with Crippen LogP contribution in [0.25, 0.3) is 5.69 Å². The number of hydrogen-bond donors (Lipinski definition) is 2. The van der Waals surface area contributed by atoms with Crippen molar-refractivity contribution in [3.8, 4) is 5.69 Å². The largest absolute Gasteiger partial charge is 0.351 e. The predicted octanol–water partition coefficient (Wildman–Crippen LogP) is 2.52. The van der Waals surface area contributed by atoms with Crippen molar-refractivity contribution in [3.05, 3.63) is 40.4 Å². The van der Waals surface area contributed by atoms with E-state index in [0.717, 1.165) is 25.9 Å². The maximum absolute atomic E-state index is 13.3. The molecular formula is C16H20Cl2FN5O. The Hall–Kier alpha value is -1.70. The number of nitrogens with one attached hydrogen (secondary N) is 2. The summed E-state index contributed by atoms with van der Waals surface area (Å²) in [5.41, 5.74) is 1.40. The third kappa shape index (κ3) is 4.48. The Balaban J connectivity index is 0.00000225. The maximum Gasteiger partial charge on any atom is 0.273 e. The Bertz CT molecular complexity index is 746. The van der Waals surface area contributed by atoms with Crippen LogP contribution in [0.15, 0.2) is 18.2 Å². The molecule has 1 aromatic heterocycles. The highest BCUT2D eigenvalue weighted by Crippen LogP contribution is 2.20. The predicted molar refractivity (Wildman–Crippen MR) is 96.2 cm³/mol. The highest BCUT2D eigenvalue weighted by Gasteiger charge is 2.19. The number of halogens is 3. The smallest absolute Gasteiger partial charge is 0.273 e. The van der Waals surface area contributed by atoms with E-state index in [-0.39, 0.29) is 29.0 Å². The lowest BCUT2D eigenvalue weighted by Crippen LogP contribution is -2.27. The van der Waals surface area contributed by atoms with E-state index in [4.69, 9.17) is 11.6 Å². The summed E-state index contributed by atoms with van der Waals surface area (Å²) in [5.74, 6) is -0.140. The second kappa shape index (κ2) is 8.60. The van der Waals surface area contributed by atoms with Gasteiger partial charge in [-0.2, -0.15) is 0 Å².